The highest BCUT2D eigenvalue weighted by Crippen LogP contribution is 2.33. The second-order valence-corrected chi connectivity index (χ2v) is 9.07. The van der Waals surface area contributed by atoms with Gasteiger partial charge in [0.15, 0.2) is 17.4 Å². The van der Waals surface area contributed by atoms with Gasteiger partial charge < -0.3 is 14.4 Å². The third kappa shape index (κ3) is 4.12. The van der Waals surface area contributed by atoms with Crippen molar-refractivity contribution in [2.24, 2.45) is 0 Å². The number of H-pyrrole nitrogens is 1. The fourth-order valence-corrected chi connectivity index (χ4v) is 4.82. The molecule has 0 unspecified atom stereocenters. The van der Waals surface area contributed by atoms with Gasteiger partial charge in [-0.3, -0.25) is 10.00 Å². The summed E-state index contributed by atoms with van der Waals surface area (Å²) in [6, 6.07) is 3.88. The van der Waals surface area contributed by atoms with Gasteiger partial charge in [0.05, 0.1) is 36.8 Å². The molecule has 5 heterocycles. The first-order valence-electron chi connectivity index (χ1n) is 11.7. The molecule has 0 atom stereocenters. The van der Waals surface area contributed by atoms with Crippen molar-refractivity contribution in [3.8, 4) is 17.0 Å². The van der Waals surface area contributed by atoms with E-state index in [0.717, 1.165) is 67.3 Å². The third-order valence-corrected chi connectivity index (χ3v) is 6.86. The summed E-state index contributed by atoms with van der Waals surface area (Å²) >= 11 is 0. The molecule has 2 aromatic heterocycles. The number of hydrogen-bond acceptors (Lipinski definition) is 7. The van der Waals surface area contributed by atoms with E-state index in [1.54, 1.807) is 6.20 Å². The first-order chi connectivity index (χ1) is 16.6. The third-order valence-electron chi connectivity index (χ3n) is 6.86. The van der Waals surface area contributed by atoms with Crippen LogP contribution < -0.4 is 9.64 Å². The van der Waals surface area contributed by atoms with E-state index >= 15 is 0 Å². The quantitative estimate of drug-likeness (QED) is 0.617. The average molecular weight is 469 g/mol. The number of aromatic amines is 1. The molecule has 3 aliphatic rings. The topological polar surface area (TPSA) is 79.4 Å². The molecule has 0 bridgehead atoms. The largest absolute Gasteiger partial charge is 0.487 e. The van der Waals surface area contributed by atoms with Crippen LogP contribution >= 0.6 is 0 Å². The molecule has 3 aromatic rings. The summed E-state index contributed by atoms with van der Waals surface area (Å²) in [6.07, 6.45) is 5.74. The Kier molecular flexibility index (Phi) is 5.62. The Hall–Kier alpha value is -3.11. The Morgan fingerprint density at radius 3 is 2.62 bits per heavy atom. The molecule has 0 aliphatic carbocycles. The summed E-state index contributed by atoms with van der Waals surface area (Å²) in [7, 11) is 0. The van der Waals surface area contributed by atoms with Crippen LogP contribution in [0.5, 0.6) is 5.75 Å². The molecule has 10 heteroatoms. The number of nitrogens with one attached hydrogen (secondary N) is 1. The number of aromatic nitrogens is 4. The smallest absolute Gasteiger partial charge is 0.167 e. The predicted octanol–water partition coefficient (Wildman–Crippen LogP) is 2.95. The van der Waals surface area contributed by atoms with Gasteiger partial charge in [0, 0.05) is 63.3 Å². The first-order valence-corrected chi connectivity index (χ1v) is 11.7. The number of ether oxygens (including phenoxy) is 2. The summed E-state index contributed by atoms with van der Waals surface area (Å²) in [6.45, 7) is 4.72. The van der Waals surface area contributed by atoms with Gasteiger partial charge in [-0.15, -0.1) is 0 Å². The number of rotatable bonds is 5. The van der Waals surface area contributed by atoms with Crippen molar-refractivity contribution >= 4 is 5.82 Å². The maximum atomic E-state index is 14.0. The molecule has 1 N–H and O–H groups in total. The van der Waals surface area contributed by atoms with Crippen molar-refractivity contribution in [3.05, 3.63) is 53.6 Å². The molecule has 1 aromatic carbocycles. The summed E-state index contributed by atoms with van der Waals surface area (Å²) in [5.74, 6) is -0.338. The molecule has 6 rings (SSSR count). The number of piperidine rings is 1. The van der Waals surface area contributed by atoms with E-state index in [1.165, 1.54) is 12.1 Å². The summed E-state index contributed by atoms with van der Waals surface area (Å²) in [4.78, 5) is 14.8. The molecule has 2 fully saturated rings. The second kappa shape index (κ2) is 8.92. The molecular weight excluding hydrogens is 442 g/mol. The first kappa shape index (κ1) is 21.4. The van der Waals surface area contributed by atoms with Crippen molar-refractivity contribution in [2.45, 2.75) is 38.0 Å². The number of anilines is 1. The fourth-order valence-electron chi connectivity index (χ4n) is 4.82. The lowest BCUT2D eigenvalue weighted by molar-refractivity contribution is -0.0701. The lowest BCUT2D eigenvalue weighted by Gasteiger charge is -2.40. The number of hydrogen-bond donors (Lipinski definition) is 1. The van der Waals surface area contributed by atoms with Gasteiger partial charge in [-0.2, -0.15) is 5.10 Å². The zero-order valence-corrected chi connectivity index (χ0v) is 18.7. The van der Waals surface area contributed by atoms with Gasteiger partial charge in [-0.25, -0.2) is 18.7 Å². The SMILES string of the molecule is Fc1ccc(OC2CCN(c3nc4c(nc3-c3cn[nH]c3)CN(C3COC3)CC4)CC2)c(F)c1. The van der Waals surface area contributed by atoms with Crippen LogP contribution in [0.15, 0.2) is 30.6 Å². The van der Waals surface area contributed by atoms with Crippen molar-refractivity contribution < 1.29 is 18.3 Å². The minimum absolute atomic E-state index is 0.0916. The average Bonchev–Trinajstić information content (AvgIpc) is 3.34. The lowest BCUT2D eigenvalue weighted by Crippen LogP contribution is -2.51. The van der Waals surface area contributed by atoms with Crippen molar-refractivity contribution in [1.29, 1.82) is 0 Å². The summed E-state index contributed by atoms with van der Waals surface area (Å²) in [5, 5.41) is 7.00. The Morgan fingerprint density at radius 1 is 1.06 bits per heavy atom. The van der Waals surface area contributed by atoms with Crippen LogP contribution in [0.1, 0.15) is 24.2 Å². The van der Waals surface area contributed by atoms with Gasteiger partial charge in [-0.05, 0) is 12.1 Å². The van der Waals surface area contributed by atoms with Gasteiger partial charge >= 0.3 is 0 Å². The van der Waals surface area contributed by atoms with E-state index in [9.17, 15) is 8.78 Å². The van der Waals surface area contributed by atoms with Crippen LogP contribution in [0.3, 0.4) is 0 Å². The van der Waals surface area contributed by atoms with E-state index in [2.05, 4.69) is 20.0 Å². The highest BCUT2D eigenvalue weighted by molar-refractivity contribution is 5.71. The van der Waals surface area contributed by atoms with Crippen LogP contribution in [0, 0.1) is 11.6 Å². The molecule has 34 heavy (non-hydrogen) atoms. The van der Waals surface area contributed by atoms with Crippen LogP contribution in [-0.4, -0.2) is 70.1 Å². The Bertz CT molecular complexity index is 1160. The fraction of sp³-hybridized carbons (Fsp3) is 0.458. The van der Waals surface area contributed by atoms with E-state index in [0.29, 0.717) is 32.0 Å². The predicted molar refractivity (Wildman–Crippen MR) is 121 cm³/mol. The monoisotopic (exact) mass is 468 g/mol. The number of fused-ring (bicyclic) bond motifs is 1. The Balaban J connectivity index is 1.21. The summed E-state index contributed by atoms with van der Waals surface area (Å²) < 4.78 is 38.4. The number of benzene rings is 1. The molecule has 0 amide bonds. The van der Waals surface area contributed by atoms with E-state index in [4.69, 9.17) is 19.4 Å². The van der Waals surface area contributed by atoms with Crippen molar-refractivity contribution in [3.63, 3.8) is 0 Å². The zero-order chi connectivity index (χ0) is 23.1. The van der Waals surface area contributed by atoms with E-state index < -0.39 is 11.6 Å². The standard InChI is InChI=1S/C24H26F2N6O2/c25-16-1-2-22(19(26)9-16)34-18-3-6-31(7-4-18)24-23(15-10-27-28-11-15)29-21-12-32(17-13-33-14-17)8-5-20(21)30-24/h1-2,9-11,17-18H,3-8,12-14H2,(H,27,28). The summed E-state index contributed by atoms with van der Waals surface area (Å²) in [5.41, 5.74) is 3.79. The zero-order valence-electron chi connectivity index (χ0n) is 18.7. The van der Waals surface area contributed by atoms with E-state index in [-0.39, 0.29) is 11.9 Å². The molecule has 3 aliphatic heterocycles. The molecule has 8 nitrogen and oxygen atoms in total. The second-order valence-electron chi connectivity index (χ2n) is 9.07. The minimum Gasteiger partial charge on any atom is -0.487 e. The van der Waals surface area contributed by atoms with Gasteiger partial charge in [0.1, 0.15) is 17.6 Å². The van der Waals surface area contributed by atoms with Gasteiger partial charge in [0.25, 0.3) is 0 Å². The normalized spacial score (nSPS) is 19.6. The van der Waals surface area contributed by atoms with Crippen molar-refractivity contribution in [2.75, 3.05) is 37.7 Å². The van der Waals surface area contributed by atoms with Crippen LogP contribution in [0.25, 0.3) is 11.3 Å². The maximum absolute atomic E-state index is 14.0. The molecule has 0 spiro atoms. The molecule has 0 radical (unpaired) electrons. The Morgan fingerprint density at radius 2 is 1.91 bits per heavy atom. The van der Waals surface area contributed by atoms with Crippen LogP contribution in [0.2, 0.25) is 0 Å². The highest BCUT2D eigenvalue weighted by atomic mass is 19.1. The molecule has 178 valence electrons. The highest BCUT2D eigenvalue weighted by Gasteiger charge is 2.32. The van der Waals surface area contributed by atoms with E-state index in [1.807, 2.05) is 6.20 Å². The number of nitrogens with zero attached hydrogens (tertiary/aromatic N) is 5. The van der Waals surface area contributed by atoms with Gasteiger partial charge in [0.2, 0.25) is 0 Å². The van der Waals surface area contributed by atoms with Gasteiger partial charge in [-0.1, -0.05) is 0 Å². The number of halogens is 2. The minimum atomic E-state index is -0.673. The maximum Gasteiger partial charge on any atom is 0.167 e. The Labute approximate surface area is 195 Å². The van der Waals surface area contributed by atoms with Crippen LogP contribution in [0.4, 0.5) is 14.6 Å². The van der Waals surface area contributed by atoms with Crippen molar-refractivity contribution in [1.82, 2.24) is 25.1 Å². The molecular formula is C24H26F2N6O2. The molecule has 0 saturated carbocycles. The molecule has 2 saturated heterocycles. The lowest BCUT2D eigenvalue weighted by atomic mass is 10.0. The van der Waals surface area contributed by atoms with Crippen LogP contribution in [-0.2, 0) is 17.7 Å².